The number of carbonyl (C=O) groups is 1. The molecule has 0 unspecified atom stereocenters. The first-order chi connectivity index (χ1) is 11.8. The van der Waals surface area contributed by atoms with Crippen molar-refractivity contribution in [3.05, 3.63) is 70.7 Å². The number of Topliss-reactive ketones (excluding diaryl/α,β-unsaturated/α-hetero) is 1. The van der Waals surface area contributed by atoms with E-state index in [0.29, 0.717) is 29.0 Å². The van der Waals surface area contributed by atoms with Gasteiger partial charge in [-0.1, -0.05) is 18.2 Å². The van der Waals surface area contributed by atoms with Crippen LogP contribution in [0.15, 0.2) is 42.6 Å². The molecule has 3 nitrogen and oxygen atoms in total. The molecule has 1 aromatic carbocycles. The van der Waals surface area contributed by atoms with Crippen LogP contribution in [-0.2, 0) is 12.6 Å². The van der Waals surface area contributed by atoms with Crippen LogP contribution >= 0.6 is 0 Å². The highest BCUT2D eigenvalue weighted by molar-refractivity contribution is 5.96. The third-order valence-electron chi connectivity index (χ3n) is 4.13. The maximum atomic E-state index is 12.6. The Bertz CT molecular complexity index is 924. The molecule has 0 saturated carbocycles. The molecule has 3 rings (SSSR count). The third-order valence-corrected chi connectivity index (χ3v) is 4.13. The predicted molar refractivity (Wildman–Crippen MR) is 88.8 cm³/mol. The van der Waals surface area contributed by atoms with Gasteiger partial charge in [-0.3, -0.25) is 9.20 Å². The van der Waals surface area contributed by atoms with E-state index in [1.807, 2.05) is 25.3 Å². The minimum atomic E-state index is -4.35. The van der Waals surface area contributed by atoms with Gasteiger partial charge in [0.15, 0.2) is 5.78 Å². The molecule has 0 aliphatic heterocycles. The normalized spacial score (nSPS) is 11.9. The van der Waals surface area contributed by atoms with Crippen molar-refractivity contribution in [2.45, 2.75) is 32.9 Å². The molecule has 6 heteroatoms. The molecule has 25 heavy (non-hydrogen) atoms. The minimum Gasteiger partial charge on any atom is -0.297 e. The molecule has 0 saturated heterocycles. The molecule has 3 aromatic rings. The monoisotopic (exact) mass is 346 g/mol. The van der Waals surface area contributed by atoms with Crippen molar-refractivity contribution in [3.63, 3.8) is 0 Å². The Morgan fingerprint density at radius 2 is 1.76 bits per heavy atom. The fourth-order valence-electron chi connectivity index (χ4n) is 2.84. The summed E-state index contributed by atoms with van der Waals surface area (Å²) in [5.41, 5.74) is 2.93. The molecule has 0 amide bonds. The van der Waals surface area contributed by atoms with E-state index in [0.717, 1.165) is 17.7 Å². The summed E-state index contributed by atoms with van der Waals surface area (Å²) in [6.45, 7) is 3.72. The first-order valence-corrected chi connectivity index (χ1v) is 7.90. The van der Waals surface area contributed by atoms with Crippen LogP contribution in [0.2, 0.25) is 0 Å². The zero-order chi connectivity index (χ0) is 18.2. The summed E-state index contributed by atoms with van der Waals surface area (Å²) in [6, 6.07) is 8.71. The minimum absolute atomic E-state index is 0.0736. The number of hydrogen-bond donors (Lipinski definition) is 0. The lowest BCUT2D eigenvalue weighted by Crippen LogP contribution is -2.08. The van der Waals surface area contributed by atoms with Crippen molar-refractivity contribution in [1.29, 1.82) is 0 Å². The van der Waals surface area contributed by atoms with Crippen LogP contribution in [0.3, 0.4) is 0 Å². The molecule has 0 aliphatic carbocycles. The van der Waals surface area contributed by atoms with Gasteiger partial charge in [-0.15, -0.1) is 0 Å². The summed E-state index contributed by atoms with van der Waals surface area (Å²) in [5.74, 6) is -0.0736. The van der Waals surface area contributed by atoms with E-state index in [2.05, 4.69) is 4.98 Å². The van der Waals surface area contributed by atoms with Crippen molar-refractivity contribution < 1.29 is 18.0 Å². The standard InChI is InChI=1S/C19H17F3N2O/c1-12-3-10-17-23-13(2)18(24(17)11-12)16(25)9-6-14-4-7-15(8-5-14)19(20,21)22/h3-5,7-8,10-11H,6,9H2,1-2H3. The van der Waals surface area contributed by atoms with E-state index in [1.54, 1.807) is 11.3 Å². The Morgan fingerprint density at radius 3 is 2.40 bits per heavy atom. The molecule has 0 atom stereocenters. The number of fused-ring (bicyclic) bond motifs is 1. The van der Waals surface area contributed by atoms with Gasteiger partial charge in [0, 0.05) is 12.6 Å². The SMILES string of the molecule is Cc1ccc2nc(C)c(C(=O)CCc3ccc(C(F)(F)F)cc3)n2c1. The Morgan fingerprint density at radius 1 is 1.08 bits per heavy atom. The van der Waals surface area contributed by atoms with Gasteiger partial charge < -0.3 is 0 Å². The van der Waals surface area contributed by atoms with E-state index in [9.17, 15) is 18.0 Å². The lowest BCUT2D eigenvalue weighted by atomic mass is 10.0. The molecule has 2 aromatic heterocycles. The average molecular weight is 346 g/mol. The van der Waals surface area contributed by atoms with Crippen molar-refractivity contribution >= 4 is 11.4 Å². The zero-order valence-corrected chi connectivity index (χ0v) is 13.9. The van der Waals surface area contributed by atoms with E-state index >= 15 is 0 Å². The van der Waals surface area contributed by atoms with Crippen LogP contribution in [0.5, 0.6) is 0 Å². The summed E-state index contributed by atoms with van der Waals surface area (Å²) in [4.78, 5) is 17.0. The summed E-state index contributed by atoms with van der Waals surface area (Å²) in [7, 11) is 0. The number of ketones is 1. The van der Waals surface area contributed by atoms with E-state index in [1.165, 1.54) is 12.1 Å². The molecule has 2 heterocycles. The number of rotatable bonds is 4. The zero-order valence-electron chi connectivity index (χ0n) is 13.9. The second-order valence-electron chi connectivity index (χ2n) is 6.10. The highest BCUT2D eigenvalue weighted by atomic mass is 19.4. The maximum Gasteiger partial charge on any atom is 0.416 e. The summed E-state index contributed by atoms with van der Waals surface area (Å²) in [5, 5.41) is 0. The van der Waals surface area contributed by atoms with Gasteiger partial charge in [-0.25, -0.2) is 4.98 Å². The fraction of sp³-hybridized carbons (Fsp3) is 0.263. The number of aryl methyl sites for hydroxylation is 3. The number of pyridine rings is 1. The van der Waals surface area contributed by atoms with E-state index in [4.69, 9.17) is 0 Å². The molecule has 0 bridgehead atoms. The van der Waals surface area contributed by atoms with Gasteiger partial charge in [0.1, 0.15) is 11.3 Å². The first-order valence-electron chi connectivity index (χ1n) is 7.90. The van der Waals surface area contributed by atoms with Crippen molar-refractivity contribution in [3.8, 4) is 0 Å². The topological polar surface area (TPSA) is 34.4 Å². The number of hydrogen-bond acceptors (Lipinski definition) is 2. The number of benzene rings is 1. The highest BCUT2D eigenvalue weighted by Crippen LogP contribution is 2.29. The van der Waals surface area contributed by atoms with Crippen LogP contribution in [-0.4, -0.2) is 15.2 Å². The summed E-state index contributed by atoms with van der Waals surface area (Å²) < 4.78 is 39.5. The highest BCUT2D eigenvalue weighted by Gasteiger charge is 2.29. The van der Waals surface area contributed by atoms with Gasteiger partial charge in [0.2, 0.25) is 0 Å². The number of carbonyl (C=O) groups excluding carboxylic acids is 1. The van der Waals surface area contributed by atoms with Crippen LogP contribution in [0.1, 0.15) is 39.3 Å². The number of halogens is 3. The number of nitrogens with zero attached hydrogens (tertiary/aromatic N) is 2. The van der Waals surface area contributed by atoms with Crippen LogP contribution in [0.4, 0.5) is 13.2 Å². The Hall–Kier alpha value is -2.63. The molecule has 0 spiro atoms. The number of imidazole rings is 1. The molecule has 0 N–H and O–H groups in total. The van der Waals surface area contributed by atoms with Crippen molar-refractivity contribution in [2.24, 2.45) is 0 Å². The largest absolute Gasteiger partial charge is 0.416 e. The summed E-state index contributed by atoms with van der Waals surface area (Å²) >= 11 is 0. The number of aromatic nitrogens is 2. The van der Waals surface area contributed by atoms with Gasteiger partial charge >= 0.3 is 6.18 Å². The second kappa shape index (κ2) is 6.35. The average Bonchev–Trinajstić information content (AvgIpc) is 2.87. The van der Waals surface area contributed by atoms with Crippen LogP contribution < -0.4 is 0 Å². The smallest absolute Gasteiger partial charge is 0.297 e. The van der Waals surface area contributed by atoms with Crippen molar-refractivity contribution in [2.75, 3.05) is 0 Å². The first kappa shape index (κ1) is 17.2. The molecule has 130 valence electrons. The lowest BCUT2D eigenvalue weighted by Gasteiger charge is -2.08. The van der Waals surface area contributed by atoms with Crippen molar-refractivity contribution in [1.82, 2.24) is 9.38 Å². The summed E-state index contributed by atoms with van der Waals surface area (Å²) in [6.07, 6.45) is -1.88. The molecule has 0 radical (unpaired) electrons. The number of alkyl halides is 3. The third kappa shape index (κ3) is 3.57. The molecule has 0 fully saturated rings. The van der Waals surface area contributed by atoms with Gasteiger partial charge in [-0.05, 0) is 49.6 Å². The lowest BCUT2D eigenvalue weighted by molar-refractivity contribution is -0.137. The van der Waals surface area contributed by atoms with Gasteiger partial charge in [0.05, 0.1) is 11.3 Å². The van der Waals surface area contributed by atoms with Crippen LogP contribution in [0, 0.1) is 13.8 Å². The predicted octanol–water partition coefficient (Wildman–Crippen LogP) is 4.79. The van der Waals surface area contributed by atoms with Gasteiger partial charge in [-0.2, -0.15) is 13.2 Å². The molecular weight excluding hydrogens is 329 g/mol. The quantitative estimate of drug-likeness (QED) is 0.637. The Labute approximate surface area is 143 Å². The van der Waals surface area contributed by atoms with E-state index < -0.39 is 11.7 Å². The molecular formula is C19H17F3N2O. The van der Waals surface area contributed by atoms with Crippen LogP contribution in [0.25, 0.3) is 5.65 Å². The van der Waals surface area contributed by atoms with E-state index in [-0.39, 0.29) is 12.2 Å². The maximum absolute atomic E-state index is 12.6. The molecule has 0 aliphatic rings. The Balaban J connectivity index is 1.77. The Kier molecular flexibility index (Phi) is 4.37. The fourth-order valence-corrected chi connectivity index (χ4v) is 2.84. The van der Waals surface area contributed by atoms with Gasteiger partial charge in [0.25, 0.3) is 0 Å². The second-order valence-corrected chi connectivity index (χ2v) is 6.10.